The van der Waals surface area contributed by atoms with Crippen LogP contribution in [-0.2, 0) is 9.63 Å². The summed E-state index contributed by atoms with van der Waals surface area (Å²) in [4.78, 5) is 16.0. The van der Waals surface area contributed by atoms with Gasteiger partial charge in [0.05, 0.1) is 17.2 Å². The highest BCUT2D eigenvalue weighted by atomic mass is 35.5. The zero-order valence-electron chi connectivity index (χ0n) is 10.2. The van der Waals surface area contributed by atoms with E-state index in [4.69, 9.17) is 21.5 Å². The summed E-state index contributed by atoms with van der Waals surface area (Å²) in [5, 5.41) is 12.5. The molecule has 1 unspecified atom stereocenters. The predicted molar refractivity (Wildman–Crippen MR) is 68.6 cm³/mol. The minimum absolute atomic E-state index is 0.0233. The average Bonchev–Trinajstić information content (AvgIpc) is 2.72. The lowest BCUT2D eigenvalue weighted by atomic mass is 9.91. The van der Waals surface area contributed by atoms with Crippen LogP contribution in [0.4, 0.5) is 8.78 Å². The zero-order chi connectivity index (χ0) is 14.9. The first-order valence-electron chi connectivity index (χ1n) is 5.60. The van der Waals surface area contributed by atoms with Gasteiger partial charge in [-0.1, -0.05) is 23.3 Å². The minimum Gasteiger partial charge on any atom is -0.481 e. The van der Waals surface area contributed by atoms with E-state index in [1.807, 2.05) is 0 Å². The Bertz CT molecular complexity index is 597. The number of carbonyl (C=O) groups is 1. The van der Waals surface area contributed by atoms with E-state index >= 15 is 0 Å². The number of benzene rings is 1. The Morgan fingerprint density at radius 2 is 2.05 bits per heavy atom. The summed E-state index contributed by atoms with van der Waals surface area (Å²) in [6, 6.07) is 2.89. The molecule has 0 spiro atoms. The number of hydrogen-bond donors (Lipinski definition) is 1. The second kappa shape index (κ2) is 5.20. The number of carboxylic acid groups (broad SMARTS) is 1. The van der Waals surface area contributed by atoms with Gasteiger partial charge < -0.3 is 9.94 Å². The first-order chi connectivity index (χ1) is 9.32. The van der Waals surface area contributed by atoms with Crippen LogP contribution < -0.4 is 0 Å². The van der Waals surface area contributed by atoms with Crippen LogP contribution in [-0.4, -0.2) is 22.4 Å². The third kappa shape index (κ3) is 2.80. The largest absolute Gasteiger partial charge is 0.481 e. The summed E-state index contributed by atoms with van der Waals surface area (Å²) < 4.78 is 26.3. The maximum Gasteiger partial charge on any atom is 0.307 e. The summed E-state index contributed by atoms with van der Waals surface area (Å²) in [6.07, 6.45) is -0.468. The van der Waals surface area contributed by atoms with Crippen LogP contribution in [0.1, 0.15) is 18.4 Å². The zero-order valence-corrected chi connectivity index (χ0v) is 11.0. The van der Waals surface area contributed by atoms with Gasteiger partial charge in [-0.15, -0.1) is 0 Å². The second-order valence-electron chi connectivity index (χ2n) is 4.43. The van der Waals surface area contributed by atoms with Crippen molar-refractivity contribution in [3.05, 3.63) is 47.0 Å². The first-order valence-corrected chi connectivity index (χ1v) is 5.98. The summed E-state index contributed by atoms with van der Waals surface area (Å²) in [5.74, 6) is -2.67. The summed E-state index contributed by atoms with van der Waals surface area (Å²) in [7, 11) is 0. The smallest absolute Gasteiger partial charge is 0.307 e. The van der Waals surface area contributed by atoms with E-state index in [0.717, 1.165) is 18.2 Å². The van der Waals surface area contributed by atoms with Crippen LogP contribution in [0, 0.1) is 11.6 Å². The van der Waals surface area contributed by atoms with Gasteiger partial charge in [-0.3, -0.25) is 4.79 Å². The molecule has 2 rings (SSSR count). The molecule has 7 heteroatoms. The van der Waals surface area contributed by atoms with Crippen LogP contribution in [0.2, 0.25) is 0 Å². The van der Waals surface area contributed by atoms with Crippen LogP contribution in [0.5, 0.6) is 0 Å². The molecule has 0 fully saturated rings. The van der Waals surface area contributed by atoms with Gasteiger partial charge in [0.15, 0.2) is 5.60 Å². The lowest BCUT2D eigenvalue weighted by Crippen LogP contribution is -2.32. The molecule has 1 N–H and O–H groups in total. The van der Waals surface area contributed by atoms with Crippen molar-refractivity contribution in [3.63, 3.8) is 0 Å². The number of rotatable bonds is 4. The molecule has 1 aliphatic rings. The van der Waals surface area contributed by atoms with Gasteiger partial charge in [0.1, 0.15) is 11.6 Å². The minimum atomic E-state index is -1.40. The molecular weight excluding hydrogens is 292 g/mol. The van der Waals surface area contributed by atoms with Crippen molar-refractivity contribution in [2.45, 2.75) is 18.4 Å². The SMILES string of the molecule is C=C(Cl)C1(CC(=O)O)CC(c2cc(F)cc(F)c2)=NO1. The van der Waals surface area contributed by atoms with Gasteiger partial charge in [-0.2, -0.15) is 0 Å². The van der Waals surface area contributed by atoms with Crippen LogP contribution in [0.15, 0.2) is 35.0 Å². The molecule has 0 saturated heterocycles. The van der Waals surface area contributed by atoms with Crippen molar-refractivity contribution < 1.29 is 23.5 Å². The highest BCUT2D eigenvalue weighted by Gasteiger charge is 2.44. The Balaban J connectivity index is 2.29. The summed E-state index contributed by atoms with van der Waals surface area (Å²) in [5.41, 5.74) is -1.01. The number of carboxylic acids is 1. The molecule has 0 aliphatic carbocycles. The van der Waals surface area contributed by atoms with Crippen LogP contribution in [0.3, 0.4) is 0 Å². The number of halogens is 3. The van der Waals surface area contributed by atoms with E-state index in [9.17, 15) is 13.6 Å². The number of aliphatic carboxylic acids is 1. The van der Waals surface area contributed by atoms with E-state index in [2.05, 4.69) is 11.7 Å². The topological polar surface area (TPSA) is 58.9 Å². The van der Waals surface area contributed by atoms with Crippen molar-refractivity contribution in [1.82, 2.24) is 0 Å². The van der Waals surface area contributed by atoms with Crippen LogP contribution >= 0.6 is 11.6 Å². The van der Waals surface area contributed by atoms with Crippen molar-refractivity contribution in [2.24, 2.45) is 5.16 Å². The predicted octanol–water partition coefficient (Wildman–Crippen LogP) is 3.06. The molecule has 20 heavy (non-hydrogen) atoms. The van der Waals surface area contributed by atoms with Crippen molar-refractivity contribution in [2.75, 3.05) is 0 Å². The highest BCUT2D eigenvalue weighted by molar-refractivity contribution is 6.31. The van der Waals surface area contributed by atoms with Gasteiger partial charge >= 0.3 is 5.97 Å². The third-order valence-corrected chi connectivity index (χ3v) is 3.25. The number of nitrogens with zero attached hydrogens (tertiary/aromatic N) is 1. The quantitative estimate of drug-likeness (QED) is 0.930. The first kappa shape index (κ1) is 14.5. The van der Waals surface area contributed by atoms with Gasteiger partial charge in [-0.25, -0.2) is 8.78 Å². The molecule has 0 saturated carbocycles. The van der Waals surface area contributed by atoms with Crippen LogP contribution in [0.25, 0.3) is 0 Å². The average molecular weight is 302 g/mol. The van der Waals surface area contributed by atoms with E-state index in [1.165, 1.54) is 0 Å². The summed E-state index contributed by atoms with van der Waals surface area (Å²) in [6.45, 7) is 3.48. The molecule has 4 nitrogen and oxygen atoms in total. The molecule has 1 atom stereocenters. The maximum absolute atomic E-state index is 13.2. The molecule has 0 bridgehead atoms. The molecule has 1 aromatic rings. The second-order valence-corrected chi connectivity index (χ2v) is 4.89. The van der Waals surface area contributed by atoms with Gasteiger partial charge in [-0.05, 0) is 12.1 Å². The fraction of sp³-hybridized carbons (Fsp3) is 0.231. The fourth-order valence-corrected chi connectivity index (χ4v) is 2.10. The lowest BCUT2D eigenvalue weighted by molar-refractivity contribution is -0.142. The molecule has 1 aliphatic heterocycles. The fourth-order valence-electron chi connectivity index (χ4n) is 1.93. The Morgan fingerprint density at radius 3 is 2.55 bits per heavy atom. The monoisotopic (exact) mass is 301 g/mol. The molecule has 106 valence electrons. The molecule has 1 aromatic carbocycles. The van der Waals surface area contributed by atoms with Gasteiger partial charge in [0.2, 0.25) is 0 Å². The van der Waals surface area contributed by atoms with Gasteiger partial charge in [0, 0.05) is 18.1 Å². The Hall–Kier alpha value is -1.95. The Morgan fingerprint density at radius 1 is 1.45 bits per heavy atom. The Kier molecular flexibility index (Phi) is 3.76. The summed E-state index contributed by atoms with van der Waals surface area (Å²) >= 11 is 5.80. The molecule has 0 aromatic heterocycles. The van der Waals surface area contributed by atoms with Crippen molar-refractivity contribution in [1.29, 1.82) is 0 Å². The molecule has 0 amide bonds. The standard InChI is InChI=1S/C13H10ClF2NO3/c1-7(14)13(6-12(18)19)5-11(17-20-13)8-2-9(15)4-10(16)3-8/h2-4H,1,5-6H2,(H,18,19). The number of hydrogen-bond acceptors (Lipinski definition) is 3. The van der Waals surface area contributed by atoms with E-state index in [0.29, 0.717) is 0 Å². The van der Waals surface area contributed by atoms with Gasteiger partial charge in [0.25, 0.3) is 0 Å². The normalized spacial score (nSPS) is 21.2. The van der Waals surface area contributed by atoms with E-state index < -0.39 is 29.6 Å². The third-order valence-electron chi connectivity index (χ3n) is 2.91. The molecule has 1 heterocycles. The lowest BCUT2D eigenvalue weighted by Gasteiger charge is -2.23. The number of oxime groups is 1. The molecule has 0 radical (unpaired) electrons. The van der Waals surface area contributed by atoms with E-state index in [-0.39, 0.29) is 22.7 Å². The highest BCUT2D eigenvalue weighted by Crippen LogP contribution is 2.37. The maximum atomic E-state index is 13.2. The van der Waals surface area contributed by atoms with Crippen molar-refractivity contribution in [3.8, 4) is 0 Å². The molecular formula is C13H10ClF2NO3. The van der Waals surface area contributed by atoms with Crippen molar-refractivity contribution >= 4 is 23.3 Å². The van der Waals surface area contributed by atoms with E-state index in [1.54, 1.807) is 0 Å². The Labute approximate surface area is 118 Å².